The third-order valence-electron chi connectivity index (χ3n) is 4.47. The van der Waals surface area contributed by atoms with Crippen LogP contribution in [0.15, 0.2) is 54.1 Å². The summed E-state index contributed by atoms with van der Waals surface area (Å²) < 4.78 is 4.84. The highest BCUT2D eigenvalue weighted by Gasteiger charge is 2.25. The number of allylic oxidation sites excluding steroid dienone is 2. The van der Waals surface area contributed by atoms with Crippen LogP contribution < -0.4 is 5.32 Å². The maximum Gasteiger partial charge on any atom is 0.328 e. The number of hydrogen-bond donors (Lipinski definition) is 1. The lowest BCUT2D eigenvalue weighted by Gasteiger charge is -2.23. The molecular formula is C20H25NO3. The number of ether oxygens (including phenoxy) is 1. The van der Waals surface area contributed by atoms with E-state index >= 15 is 0 Å². The molecule has 0 radical (unpaired) electrons. The molecule has 128 valence electrons. The number of benzene rings is 1. The van der Waals surface area contributed by atoms with E-state index in [4.69, 9.17) is 4.74 Å². The van der Waals surface area contributed by atoms with Gasteiger partial charge in [-0.1, -0.05) is 48.6 Å². The molecule has 4 nitrogen and oxygen atoms in total. The second-order valence-corrected chi connectivity index (χ2v) is 6.29. The Bertz CT molecular complexity index is 634. The van der Waals surface area contributed by atoms with Gasteiger partial charge in [-0.05, 0) is 37.7 Å². The summed E-state index contributed by atoms with van der Waals surface area (Å²) in [4.78, 5) is 24.5. The molecule has 2 rings (SSSR count). The van der Waals surface area contributed by atoms with Crippen molar-refractivity contribution >= 4 is 11.9 Å². The van der Waals surface area contributed by atoms with Crippen molar-refractivity contribution < 1.29 is 14.3 Å². The summed E-state index contributed by atoms with van der Waals surface area (Å²) in [5.74, 6) is -0.160. The molecule has 1 N–H and O–H groups in total. The summed E-state index contributed by atoms with van der Waals surface area (Å²) in [7, 11) is 1.34. The zero-order valence-electron chi connectivity index (χ0n) is 14.4. The van der Waals surface area contributed by atoms with E-state index < -0.39 is 12.0 Å². The minimum Gasteiger partial charge on any atom is -0.467 e. The van der Waals surface area contributed by atoms with Crippen molar-refractivity contribution in [1.29, 1.82) is 0 Å². The van der Waals surface area contributed by atoms with Crippen LogP contribution in [-0.2, 0) is 20.7 Å². The Labute approximate surface area is 143 Å². The molecule has 0 bridgehead atoms. The van der Waals surface area contributed by atoms with Gasteiger partial charge in [0.15, 0.2) is 0 Å². The quantitative estimate of drug-likeness (QED) is 0.645. The Morgan fingerprint density at radius 2 is 2.04 bits per heavy atom. The molecule has 0 spiro atoms. The SMILES string of the molecule is C=C(C)C1CC=C(C(=O)N[C@@H](Cc2ccccc2)C(=O)OC)CC1. The van der Waals surface area contributed by atoms with E-state index in [1.807, 2.05) is 43.3 Å². The maximum atomic E-state index is 12.5. The molecule has 1 aliphatic carbocycles. The molecule has 24 heavy (non-hydrogen) atoms. The minimum absolute atomic E-state index is 0.179. The van der Waals surface area contributed by atoms with Crippen molar-refractivity contribution in [2.45, 2.75) is 38.6 Å². The smallest absolute Gasteiger partial charge is 0.328 e. The summed E-state index contributed by atoms with van der Waals surface area (Å²) >= 11 is 0. The predicted octanol–water partition coefficient (Wildman–Crippen LogP) is 3.19. The van der Waals surface area contributed by atoms with Crippen LogP contribution in [0, 0.1) is 5.92 Å². The highest BCUT2D eigenvalue weighted by molar-refractivity contribution is 5.96. The molecule has 0 heterocycles. The van der Waals surface area contributed by atoms with E-state index in [0.717, 1.165) is 29.6 Å². The zero-order valence-corrected chi connectivity index (χ0v) is 14.4. The van der Waals surface area contributed by atoms with Gasteiger partial charge in [-0.2, -0.15) is 0 Å². The Balaban J connectivity index is 2.02. The van der Waals surface area contributed by atoms with E-state index in [0.29, 0.717) is 18.8 Å². The van der Waals surface area contributed by atoms with Crippen LogP contribution in [0.1, 0.15) is 31.7 Å². The summed E-state index contributed by atoms with van der Waals surface area (Å²) in [5, 5.41) is 2.83. The predicted molar refractivity (Wildman–Crippen MR) is 94.3 cm³/mol. The number of nitrogens with one attached hydrogen (secondary N) is 1. The Morgan fingerprint density at radius 3 is 2.58 bits per heavy atom. The van der Waals surface area contributed by atoms with Gasteiger partial charge in [0.05, 0.1) is 7.11 Å². The second-order valence-electron chi connectivity index (χ2n) is 6.29. The summed E-state index contributed by atoms with van der Waals surface area (Å²) in [6, 6.07) is 8.92. The molecule has 1 aromatic carbocycles. The van der Waals surface area contributed by atoms with Crippen molar-refractivity contribution in [3.63, 3.8) is 0 Å². The zero-order chi connectivity index (χ0) is 17.5. The van der Waals surface area contributed by atoms with Crippen molar-refractivity contribution in [3.05, 3.63) is 59.7 Å². The fourth-order valence-corrected chi connectivity index (χ4v) is 2.92. The Morgan fingerprint density at radius 1 is 1.33 bits per heavy atom. The highest BCUT2D eigenvalue weighted by atomic mass is 16.5. The van der Waals surface area contributed by atoms with Crippen LogP contribution in [0.4, 0.5) is 0 Å². The van der Waals surface area contributed by atoms with Crippen LogP contribution in [0.3, 0.4) is 0 Å². The molecule has 1 aliphatic rings. The monoisotopic (exact) mass is 327 g/mol. The van der Waals surface area contributed by atoms with E-state index in [1.54, 1.807) is 0 Å². The fraction of sp³-hybridized carbons (Fsp3) is 0.400. The van der Waals surface area contributed by atoms with Crippen LogP contribution >= 0.6 is 0 Å². The van der Waals surface area contributed by atoms with Crippen LogP contribution in [-0.4, -0.2) is 25.0 Å². The summed E-state index contributed by atoms with van der Waals surface area (Å²) in [6.45, 7) is 6.01. The van der Waals surface area contributed by atoms with Crippen LogP contribution in [0.25, 0.3) is 0 Å². The van der Waals surface area contributed by atoms with Gasteiger partial charge in [0, 0.05) is 12.0 Å². The van der Waals surface area contributed by atoms with Gasteiger partial charge in [-0.15, -0.1) is 0 Å². The van der Waals surface area contributed by atoms with E-state index in [1.165, 1.54) is 7.11 Å². The second kappa shape index (κ2) is 8.48. The maximum absolute atomic E-state index is 12.5. The Hall–Kier alpha value is -2.36. The molecule has 1 aromatic rings. The number of methoxy groups -OCH3 is 1. The standard InChI is InChI=1S/C20H25NO3/c1-14(2)16-9-11-17(12-10-16)19(22)21-18(20(23)24-3)13-15-7-5-4-6-8-15/h4-8,11,16,18H,1,9-10,12-13H2,2-3H3,(H,21,22)/t16?,18-/m0/s1. The van der Waals surface area contributed by atoms with Gasteiger partial charge in [0.1, 0.15) is 6.04 Å². The number of hydrogen-bond acceptors (Lipinski definition) is 3. The topological polar surface area (TPSA) is 55.4 Å². The minimum atomic E-state index is -0.676. The first kappa shape index (κ1) is 18.0. The molecule has 0 saturated carbocycles. The first-order valence-electron chi connectivity index (χ1n) is 8.28. The highest BCUT2D eigenvalue weighted by Crippen LogP contribution is 2.28. The molecule has 0 saturated heterocycles. The third-order valence-corrected chi connectivity index (χ3v) is 4.47. The van der Waals surface area contributed by atoms with Gasteiger partial charge in [0.2, 0.25) is 5.91 Å². The molecule has 0 aliphatic heterocycles. The summed E-state index contributed by atoms with van der Waals surface area (Å²) in [6.07, 6.45) is 4.86. The molecule has 0 aromatic heterocycles. The first-order chi connectivity index (χ1) is 11.5. The van der Waals surface area contributed by atoms with Gasteiger partial charge >= 0.3 is 5.97 Å². The van der Waals surface area contributed by atoms with E-state index in [2.05, 4.69) is 11.9 Å². The number of esters is 1. The van der Waals surface area contributed by atoms with Crippen molar-refractivity contribution in [2.75, 3.05) is 7.11 Å². The molecule has 1 unspecified atom stereocenters. The normalized spacial score (nSPS) is 18.2. The molecular weight excluding hydrogens is 302 g/mol. The number of carbonyl (C=O) groups is 2. The van der Waals surface area contributed by atoms with Crippen molar-refractivity contribution in [2.24, 2.45) is 5.92 Å². The molecule has 1 amide bonds. The number of amides is 1. The van der Waals surface area contributed by atoms with Gasteiger partial charge < -0.3 is 10.1 Å². The van der Waals surface area contributed by atoms with Crippen LogP contribution in [0.5, 0.6) is 0 Å². The van der Waals surface area contributed by atoms with Gasteiger partial charge in [-0.3, -0.25) is 4.79 Å². The van der Waals surface area contributed by atoms with Crippen LogP contribution in [0.2, 0.25) is 0 Å². The third kappa shape index (κ3) is 4.82. The largest absolute Gasteiger partial charge is 0.467 e. The number of carbonyl (C=O) groups excluding carboxylic acids is 2. The average molecular weight is 327 g/mol. The Kier molecular flexibility index (Phi) is 6.36. The molecule has 2 atom stereocenters. The molecule has 4 heteroatoms. The number of rotatable bonds is 6. The van der Waals surface area contributed by atoms with Gasteiger partial charge in [-0.25, -0.2) is 4.79 Å². The summed E-state index contributed by atoms with van der Waals surface area (Å²) in [5.41, 5.74) is 2.88. The lowest BCUT2D eigenvalue weighted by Crippen LogP contribution is -2.43. The average Bonchev–Trinajstić information content (AvgIpc) is 2.61. The fourth-order valence-electron chi connectivity index (χ4n) is 2.92. The molecule has 0 fully saturated rings. The van der Waals surface area contributed by atoms with Crippen molar-refractivity contribution in [1.82, 2.24) is 5.32 Å². The van der Waals surface area contributed by atoms with E-state index in [9.17, 15) is 9.59 Å². The van der Waals surface area contributed by atoms with Gasteiger partial charge in [0.25, 0.3) is 0 Å². The lowest BCUT2D eigenvalue weighted by molar-refractivity contribution is -0.144. The first-order valence-corrected chi connectivity index (χ1v) is 8.28. The van der Waals surface area contributed by atoms with Crippen molar-refractivity contribution in [3.8, 4) is 0 Å². The lowest BCUT2D eigenvalue weighted by atomic mass is 9.85. The van der Waals surface area contributed by atoms with E-state index in [-0.39, 0.29) is 5.91 Å².